The summed E-state index contributed by atoms with van der Waals surface area (Å²) in [4.78, 5) is 38.1. The Kier molecular flexibility index (Phi) is 51.8. The molecule has 1 atom stereocenters. The molecule has 378 valence electrons. The van der Waals surface area contributed by atoms with Gasteiger partial charge in [0, 0.05) is 19.3 Å². The van der Waals surface area contributed by atoms with Crippen molar-refractivity contribution in [2.75, 3.05) is 13.2 Å². The molecule has 0 aromatic rings. The topological polar surface area (TPSA) is 78.9 Å². The lowest BCUT2D eigenvalue weighted by molar-refractivity contribution is -0.167. The van der Waals surface area contributed by atoms with Gasteiger partial charge in [0.1, 0.15) is 13.2 Å². The fourth-order valence-corrected chi connectivity index (χ4v) is 8.10. The zero-order chi connectivity index (χ0) is 47.2. The molecule has 0 aliphatic rings. The third-order valence-corrected chi connectivity index (χ3v) is 12.3. The fraction of sp³-hybridized carbons (Fsp3) is 0.814. The van der Waals surface area contributed by atoms with Crippen LogP contribution in [0.25, 0.3) is 0 Å². The average Bonchev–Trinajstić information content (AvgIpc) is 3.30. The molecule has 6 heteroatoms. The Morgan fingerprint density at radius 1 is 0.323 bits per heavy atom. The number of carbonyl (C=O) groups is 3. The normalized spacial score (nSPS) is 12.4. The molecule has 0 aromatic carbocycles. The van der Waals surface area contributed by atoms with E-state index < -0.39 is 6.10 Å². The second kappa shape index (κ2) is 54.0. The van der Waals surface area contributed by atoms with Crippen molar-refractivity contribution < 1.29 is 28.6 Å². The maximum absolute atomic E-state index is 12.8. The summed E-state index contributed by atoms with van der Waals surface area (Å²) in [6.07, 6.45) is 65.2. The molecular weight excluding hydrogens is 805 g/mol. The molecule has 0 aromatic heterocycles. The third-order valence-electron chi connectivity index (χ3n) is 12.3. The molecule has 0 bridgehead atoms. The van der Waals surface area contributed by atoms with Gasteiger partial charge in [0.2, 0.25) is 0 Å². The predicted molar refractivity (Wildman–Crippen MR) is 279 cm³/mol. The summed E-state index contributed by atoms with van der Waals surface area (Å²) in [5.74, 6) is -0.886. The van der Waals surface area contributed by atoms with Crippen molar-refractivity contribution in [1.82, 2.24) is 0 Å². The molecule has 0 N–H and O–H groups in total. The van der Waals surface area contributed by atoms with Crippen LogP contribution in [-0.2, 0) is 28.6 Å². The van der Waals surface area contributed by atoms with Crippen LogP contribution in [-0.4, -0.2) is 37.2 Å². The summed E-state index contributed by atoms with van der Waals surface area (Å²) >= 11 is 0. The van der Waals surface area contributed by atoms with Gasteiger partial charge in [0.05, 0.1) is 0 Å². The Morgan fingerprint density at radius 2 is 0.600 bits per heavy atom. The molecule has 1 unspecified atom stereocenters. The molecule has 0 rings (SSSR count). The highest BCUT2D eigenvalue weighted by atomic mass is 16.6. The predicted octanol–water partition coefficient (Wildman–Crippen LogP) is 18.7. The van der Waals surface area contributed by atoms with E-state index in [1.165, 1.54) is 161 Å². The number of ether oxygens (including phenoxy) is 3. The van der Waals surface area contributed by atoms with Crippen molar-refractivity contribution in [2.45, 2.75) is 297 Å². The highest BCUT2D eigenvalue weighted by molar-refractivity contribution is 5.71. The van der Waals surface area contributed by atoms with E-state index in [9.17, 15) is 14.4 Å². The van der Waals surface area contributed by atoms with Crippen LogP contribution >= 0.6 is 0 Å². The van der Waals surface area contributed by atoms with Crippen molar-refractivity contribution >= 4 is 17.9 Å². The van der Waals surface area contributed by atoms with E-state index >= 15 is 0 Å². The monoisotopic (exact) mass is 911 g/mol. The summed E-state index contributed by atoms with van der Waals surface area (Å²) in [5.41, 5.74) is 0. The molecule has 0 spiro atoms. The summed E-state index contributed by atoms with van der Waals surface area (Å²) < 4.78 is 16.9. The van der Waals surface area contributed by atoms with Gasteiger partial charge in [0.15, 0.2) is 6.10 Å². The maximum Gasteiger partial charge on any atom is 0.306 e. The van der Waals surface area contributed by atoms with Gasteiger partial charge in [-0.2, -0.15) is 0 Å². The van der Waals surface area contributed by atoms with Crippen LogP contribution in [0.15, 0.2) is 48.6 Å². The van der Waals surface area contributed by atoms with Gasteiger partial charge in [-0.05, 0) is 77.0 Å². The summed E-state index contributed by atoms with van der Waals surface area (Å²) in [7, 11) is 0. The third kappa shape index (κ3) is 52.2. The van der Waals surface area contributed by atoms with E-state index in [0.717, 1.165) is 89.9 Å². The Hall–Kier alpha value is -2.63. The van der Waals surface area contributed by atoms with Crippen LogP contribution < -0.4 is 0 Å². The molecule has 0 saturated carbocycles. The van der Waals surface area contributed by atoms with Crippen LogP contribution in [0, 0.1) is 0 Å². The highest BCUT2D eigenvalue weighted by Gasteiger charge is 2.19. The van der Waals surface area contributed by atoms with E-state index in [1.807, 2.05) is 0 Å². The lowest BCUT2D eigenvalue weighted by atomic mass is 10.0. The van der Waals surface area contributed by atoms with E-state index in [-0.39, 0.29) is 31.1 Å². The number of rotatable bonds is 51. The minimum Gasteiger partial charge on any atom is -0.462 e. The van der Waals surface area contributed by atoms with Gasteiger partial charge in [-0.3, -0.25) is 14.4 Å². The van der Waals surface area contributed by atoms with Crippen molar-refractivity contribution in [2.24, 2.45) is 0 Å². The number of hydrogen-bond acceptors (Lipinski definition) is 6. The summed E-state index contributed by atoms with van der Waals surface area (Å²) in [6, 6.07) is 0. The van der Waals surface area contributed by atoms with Gasteiger partial charge in [0.25, 0.3) is 0 Å². The Bertz CT molecular complexity index is 1140. The minimum absolute atomic E-state index is 0.0778. The molecule has 0 aliphatic heterocycles. The lowest BCUT2D eigenvalue weighted by Gasteiger charge is -2.18. The largest absolute Gasteiger partial charge is 0.462 e. The number of esters is 3. The first-order chi connectivity index (χ1) is 32.0. The number of unbranched alkanes of at least 4 members (excludes halogenated alkanes) is 32. The van der Waals surface area contributed by atoms with Crippen LogP contribution in [0.4, 0.5) is 0 Å². The number of hydrogen-bond donors (Lipinski definition) is 0. The zero-order valence-electron chi connectivity index (χ0n) is 43.3. The quantitative estimate of drug-likeness (QED) is 0.0262. The van der Waals surface area contributed by atoms with Crippen LogP contribution in [0.5, 0.6) is 0 Å². The van der Waals surface area contributed by atoms with Gasteiger partial charge < -0.3 is 14.2 Å². The van der Waals surface area contributed by atoms with Crippen molar-refractivity contribution in [3.63, 3.8) is 0 Å². The van der Waals surface area contributed by atoms with E-state index in [2.05, 4.69) is 69.4 Å². The first-order valence-corrected chi connectivity index (χ1v) is 28.1. The second-order valence-electron chi connectivity index (χ2n) is 18.8. The Labute approximate surface area is 403 Å². The van der Waals surface area contributed by atoms with Crippen molar-refractivity contribution in [3.05, 3.63) is 48.6 Å². The SMILES string of the molecule is CC/C=C\C/C=C\C/C=C\CCCCCCCCC(=O)OCC(COC(=O)CCCCCCCCCCCCCCCCC)OC(=O)CCCCCCC/C=C\CCCCCCCCC. The van der Waals surface area contributed by atoms with E-state index in [0.29, 0.717) is 19.3 Å². The highest BCUT2D eigenvalue weighted by Crippen LogP contribution is 2.16. The first kappa shape index (κ1) is 62.4. The molecule has 0 radical (unpaired) electrons. The zero-order valence-corrected chi connectivity index (χ0v) is 43.3. The standard InChI is InChI=1S/C59H106O6/c1-4-7-10-13-16-19-22-25-28-31-34-37-40-43-46-49-52-58(61)64-55-56(54-63-57(60)51-48-45-42-39-36-33-30-27-24-21-18-15-12-9-6-3)65-59(62)53-50-47-44-41-38-35-32-29-26-23-20-17-14-11-8-5-2/h7,10,16,19,25,28-29,32,56H,4-6,8-9,11-15,17-18,20-24,26-27,30-31,33-55H2,1-3H3/b10-7-,19-16-,28-25-,32-29-. The average molecular weight is 911 g/mol. The summed E-state index contributed by atoms with van der Waals surface area (Å²) in [5, 5.41) is 0. The fourth-order valence-electron chi connectivity index (χ4n) is 8.10. The Balaban J connectivity index is 4.38. The number of allylic oxidation sites excluding steroid dienone is 8. The maximum atomic E-state index is 12.8. The minimum atomic E-state index is -0.780. The van der Waals surface area contributed by atoms with Gasteiger partial charge in [-0.25, -0.2) is 0 Å². The van der Waals surface area contributed by atoms with Gasteiger partial charge >= 0.3 is 17.9 Å². The number of carbonyl (C=O) groups excluding carboxylic acids is 3. The molecular formula is C59H106O6. The second-order valence-corrected chi connectivity index (χ2v) is 18.8. The van der Waals surface area contributed by atoms with Crippen LogP contribution in [0.1, 0.15) is 290 Å². The van der Waals surface area contributed by atoms with Gasteiger partial charge in [-0.15, -0.1) is 0 Å². The van der Waals surface area contributed by atoms with E-state index in [1.54, 1.807) is 0 Å². The molecule has 0 heterocycles. The van der Waals surface area contributed by atoms with Crippen molar-refractivity contribution in [3.8, 4) is 0 Å². The van der Waals surface area contributed by atoms with Crippen molar-refractivity contribution in [1.29, 1.82) is 0 Å². The molecule has 0 saturated heterocycles. The molecule has 0 amide bonds. The molecule has 65 heavy (non-hydrogen) atoms. The van der Waals surface area contributed by atoms with Gasteiger partial charge in [-0.1, -0.05) is 243 Å². The van der Waals surface area contributed by atoms with E-state index in [4.69, 9.17) is 14.2 Å². The molecule has 0 aliphatic carbocycles. The van der Waals surface area contributed by atoms with Crippen LogP contribution in [0.2, 0.25) is 0 Å². The van der Waals surface area contributed by atoms with Crippen LogP contribution in [0.3, 0.4) is 0 Å². The smallest absolute Gasteiger partial charge is 0.306 e. The molecule has 6 nitrogen and oxygen atoms in total. The first-order valence-electron chi connectivity index (χ1n) is 28.1. The molecule has 0 fully saturated rings. The Morgan fingerprint density at radius 3 is 0.954 bits per heavy atom. The summed E-state index contributed by atoms with van der Waals surface area (Å²) in [6.45, 7) is 6.54. The lowest BCUT2D eigenvalue weighted by Crippen LogP contribution is -2.30.